The van der Waals surface area contributed by atoms with Gasteiger partial charge in [0.1, 0.15) is 0 Å². The minimum absolute atomic E-state index is 0.180. The van der Waals surface area contributed by atoms with E-state index in [1.54, 1.807) is 36.9 Å². The molecule has 0 aliphatic carbocycles. The lowest BCUT2D eigenvalue weighted by atomic mass is 10.1. The molecular formula is C26H22N4O5. The monoisotopic (exact) mass is 470 g/mol. The SMILES string of the molecule is Cc1cccc(C(=O)Oc2ccc(C=Nc3c(C)n(C)n(-c4ccccc4)c3=O)cc2[N+](=O)[O-])c1. The molecule has 9 nitrogen and oxygen atoms in total. The number of aromatic nitrogens is 2. The Balaban J connectivity index is 1.64. The van der Waals surface area contributed by atoms with Crippen molar-refractivity contribution in [2.45, 2.75) is 13.8 Å². The lowest BCUT2D eigenvalue weighted by Crippen LogP contribution is -2.19. The van der Waals surface area contributed by atoms with Crippen molar-refractivity contribution in [2.24, 2.45) is 12.0 Å². The molecule has 0 atom stereocenters. The van der Waals surface area contributed by atoms with Crippen molar-refractivity contribution >= 4 is 23.6 Å². The van der Waals surface area contributed by atoms with Crippen molar-refractivity contribution in [3.63, 3.8) is 0 Å². The van der Waals surface area contributed by atoms with Crippen molar-refractivity contribution in [3.05, 3.63) is 116 Å². The molecule has 0 N–H and O–H groups in total. The van der Waals surface area contributed by atoms with Gasteiger partial charge in [-0.05, 0) is 55.8 Å². The number of aliphatic imine (C=N–C) groups is 1. The standard InChI is InChI=1S/C26H22N4O5/c1-17-8-7-9-20(14-17)26(32)35-23-13-12-19(15-22(23)30(33)34)16-27-24-18(2)28(3)29(25(24)31)21-10-5-4-6-11-21/h4-16H,1-3H3. The van der Waals surface area contributed by atoms with Gasteiger partial charge in [0, 0.05) is 19.3 Å². The van der Waals surface area contributed by atoms with E-state index in [0.29, 0.717) is 22.5 Å². The first-order chi connectivity index (χ1) is 16.8. The molecule has 0 spiro atoms. The molecule has 35 heavy (non-hydrogen) atoms. The summed E-state index contributed by atoms with van der Waals surface area (Å²) >= 11 is 0. The second kappa shape index (κ2) is 9.60. The highest BCUT2D eigenvalue weighted by atomic mass is 16.6. The summed E-state index contributed by atoms with van der Waals surface area (Å²) in [5, 5.41) is 11.6. The van der Waals surface area contributed by atoms with Crippen molar-refractivity contribution < 1.29 is 14.5 Å². The predicted molar refractivity (Wildman–Crippen MR) is 132 cm³/mol. The van der Waals surface area contributed by atoms with Gasteiger partial charge in [-0.15, -0.1) is 0 Å². The zero-order valence-electron chi connectivity index (χ0n) is 19.3. The minimum Gasteiger partial charge on any atom is -0.416 e. The number of nitro benzene ring substituents is 1. The maximum atomic E-state index is 13.0. The van der Waals surface area contributed by atoms with Crippen LogP contribution in [0.1, 0.15) is 27.2 Å². The number of hydrogen-bond donors (Lipinski definition) is 0. The van der Waals surface area contributed by atoms with Gasteiger partial charge < -0.3 is 4.74 Å². The van der Waals surface area contributed by atoms with Gasteiger partial charge in [0.15, 0.2) is 5.69 Å². The van der Waals surface area contributed by atoms with Crippen LogP contribution >= 0.6 is 0 Å². The topological polar surface area (TPSA) is 109 Å². The van der Waals surface area contributed by atoms with E-state index in [0.717, 1.165) is 5.56 Å². The van der Waals surface area contributed by atoms with Gasteiger partial charge in [0.05, 0.1) is 21.9 Å². The molecular weight excluding hydrogens is 448 g/mol. The lowest BCUT2D eigenvalue weighted by Gasteiger charge is -2.07. The third kappa shape index (κ3) is 4.79. The molecule has 1 heterocycles. The van der Waals surface area contributed by atoms with Crippen LogP contribution in [0.15, 0.2) is 82.6 Å². The average Bonchev–Trinajstić information content (AvgIpc) is 3.06. The average molecular weight is 470 g/mol. The van der Waals surface area contributed by atoms with Crippen LogP contribution in [0, 0.1) is 24.0 Å². The molecule has 0 amide bonds. The van der Waals surface area contributed by atoms with Gasteiger partial charge in [0.2, 0.25) is 5.75 Å². The van der Waals surface area contributed by atoms with Gasteiger partial charge in [-0.2, -0.15) is 0 Å². The zero-order chi connectivity index (χ0) is 25.1. The molecule has 0 aliphatic heterocycles. The summed E-state index contributed by atoms with van der Waals surface area (Å²) in [5.74, 6) is -0.874. The summed E-state index contributed by atoms with van der Waals surface area (Å²) in [6, 6.07) is 20.0. The molecule has 0 unspecified atom stereocenters. The summed E-state index contributed by atoms with van der Waals surface area (Å²) < 4.78 is 8.48. The third-order valence-electron chi connectivity index (χ3n) is 5.50. The highest BCUT2D eigenvalue weighted by molar-refractivity contribution is 5.92. The molecule has 176 valence electrons. The summed E-state index contributed by atoms with van der Waals surface area (Å²) in [6.45, 7) is 3.60. The largest absolute Gasteiger partial charge is 0.416 e. The molecule has 9 heteroatoms. The molecule has 0 bridgehead atoms. The van der Waals surface area contributed by atoms with E-state index in [1.165, 1.54) is 29.1 Å². The molecule has 0 aliphatic rings. The first kappa shape index (κ1) is 23.4. The van der Waals surface area contributed by atoms with E-state index >= 15 is 0 Å². The lowest BCUT2D eigenvalue weighted by molar-refractivity contribution is -0.385. The second-order valence-electron chi connectivity index (χ2n) is 7.91. The van der Waals surface area contributed by atoms with Crippen LogP contribution in [0.3, 0.4) is 0 Å². The van der Waals surface area contributed by atoms with Crippen LogP contribution < -0.4 is 10.3 Å². The van der Waals surface area contributed by atoms with Crippen molar-refractivity contribution in [3.8, 4) is 11.4 Å². The van der Waals surface area contributed by atoms with Crippen LogP contribution in [0.4, 0.5) is 11.4 Å². The Bertz CT molecular complexity index is 1520. The van der Waals surface area contributed by atoms with E-state index in [9.17, 15) is 19.7 Å². The Kier molecular flexibility index (Phi) is 6.41. The molecule has 0 fully saturated rings. The van der Waals surface area contributed by atoms with Crippen LogP contribution in [0.2, 0.25) is 0 Å². The third-order valence-corrected chi connectivity index (χ3v) is 5.50. The van der Waals surface area contributed by atoms with Gasteiger partial charge in [0.25, 0.3) is 5.56 Å². The fraction of sp³-hybridized carbons (Fsp3) is 0.115. The Morgan fingerprint density at radius 3 is 2.46 bits per heavy atom. The van der Waals surface area contributed by atoms with Gasteiger partial charge in [-0.3, -0.25) is 19.6 Å². The number of para-hydroxylation sites is 1. The Hall–Kier alpha value is -4.79. The number of nitro groups is 1. The van der Waals surface area contributed by atoms with Gasteiger partial charge >= 0.3 is 11.7 Å². The van der Waals surface area contributed by atoms with E-state index in [4.69, 9.17) is 4.74 Å². The quantitative estimate of drug-likeness (QED) is 0.134. The van der Waals surface area contributed by atoms with Crippen molar-refractivity contribution in [1.29, 1.82) is 0 Å². The van der Waals surface area contributed by atoms with Crippen LogP contribution in [0.5, 0.6) is 5.75 Å². The molecule has 4 aromatic rings. The van der Waals surface area contributed by atoms with E-state index < -0.39 is 10.9 Å². The molecule has 4 rings (SSSR count). The van der Waals surface area contributed by atoms with Gasteiger partial charge in [-0.25, -0.2) is 14.5 Å². The fourth-order valence-electron chi connectivity index (χ4n) is 3.62. The summed E-state index contributed by atoms with van der Waals surface area (Å²) in [4.78, 5) is 40.8. The van der Waals surface area contributed by atoms with Crippen molar-refractivity contribution in [2.75, 3.05) is 0 Å². The molecule has 3 aromatic carbocycles. The smallest absolute Gasteiger partial charge is 0.343 e. The summed E-state index contributed by atoms with van der Waals surface area (Å²) in [6.07, 6.45) is 1.37. The highest BCUT2D eigenvalue weighted by Gasteiger charge is 2.20. The van der Waals surface area contributed by atoms with E-state index in [1.807, 2.05) is 43.3 Å². The first-order valence-corrected chi connectivity index (χ1v) is 10.7. The summed E-state index contributed by atoms with van der Waals surface area (Å²) in [5.41, 5.74) is 2.37. The highest BCUT2D eigenvalue weighted by Crippen LogP contribution is 2.29. The normalized spacial score (nSPS) is 11.1. The van der Waals surface area contributed by atoms with Crippen molar-refractivity contribution in [1.82, 2.24) is 9.36 Å². The van der Waals surface area contributed by atoms with Crippen LogP contribution in [-0.4, -0.2) is 26.5 Å². The predicted octanol–water partition coefficient (Wildman–Crippen LogP) is 4.67. The Labute approximate surface area is 200 Å². The number of rotatable bonds is 6. The fourth-order valence-corrected chi connectivity index (χ4v) is 3.62. The summed E-state index contributed by atoms with van der Waals surface area (Å²) in [7, 11) is 1.75. The molecule has 1 aromatic heterocycles. The molecule has 0 radical (unpaired) electrons. The van der Waals surface area contributed by atoms with E-state index in [2.05, 4.69) is 4.99 Å². The molecule has 0 saturated heterocycles. The number of aryl methyl sites for hydroxylation is 1. The first-order valence-electron chi connectivity index (χ1n) is 10.7. The number of carbonyl (C=O) groups excluding carboxylic acids is 1. The van der Waals surface area contributed by atoms with Crippen LogP contribution in [-0.2, 0) is 7.05 Å². The van der Waals surface area contributed by atoms with E-state index in [-0.39, 0.29) is 22.7 Å². The van der Waals surface area contributed by atoms with Gasteiger partial charge in [-0.1, -0.05) is 35.9 Å². The minimum atomic E-state index is -0.695. The Morgan fingerprint density at radius 2 is 1.77 bits per heavy atom. The number of carbonyl (C=O) groups is 1. The maximum Gasteiger partial charge on any atom is 0.343 e. The number of esters is 1. The number of benzene rings is 3. The maximum absolute atomic E-state index is 13.0. The Morgan fingerprint density at radius 1 is 1.03 bits per heavy atom. The number of ether oxygens (including phenoxy) is 1. The second-order valence-corrected chi connectivity index (χ2v) is 7.91. The van der Waals surface area contributed by atoms with Crippen LogP contribution in [0.25, 0.3) is 5.69 Å². The number of nitrogens with zero attached hydrogens (tertiary/aromatic N) is 4. The molecule has 0 saturated carbocycles. The number of hydrogen-bond acceptors (Lipinski definition) is 6. The zero-order valence-corrected chi connectivity index (χ0v) is 19.3.